The molecule has 0 aliphatic rings. The molecule has 0 amide bonds. The average molecular weight is 284 g/mol. The lowest BCUT2D eigenvalue weighted by atomic mass is 10.2. The van der Waals surface area contributed by atoms with Gasteiger partial charge in [0.15, 0.2) is 0 Å². The molecular formula is C13H11F3N2O2. The van der Waals surface area contributed by atoms with Gasteiger partial charge in [-0.05, 0) is 26.0 Å². The van der Waals surface area contributed by atoms with Gasteiger partial charge in [-0.1, -0.05) is 12.1 Å². The topological polar surface area (TPSA) is 55.0 Å². The van der Waals surface area contributed by atoms with E-state index >= 15 is 0 Å². The van der Waals surface area contributed by atoms with Crippen molar-refractivity contribution in [2.75, 3.05) is 0 Å². The first kappa shape index (κ1) is 14.1. The van der Waals surface area contributed by atoms with Crippen LogP contribution in [-0.4, -0.2) is 16.3 Å². The summed E-state index contributed by atoms with van der Waals surface area (Å²) in [6.45, 7) is 3.28. The molecule has 0 radical (unpaired) electrons. The molecule has 0 unspecified atom stereocenters. The molecule has 0 aliphatic carbocycles. The number of hydrogen-bond donors (Lipinski definition) is 1. The molecule has 1 N–H and O–H groups in total. The molecule has 2 rings (SSSR count). The zero-order valence-electron chi connectivity index (χ0n) is 10.7. The molecule has 7 heteroatoms. The van der Waals surface area contributed by atoms with E-state index in [-0.39, 0.29) is 17.1 Å². The zero-order chi connectivity index (χ0) is 14.9. The van der Waals surface area contributed by atoms with Crippen molar-refractivity contribution in [1.29, 1.82) is 0 Å². The fraction of sp³-hybridized carbons (Fsp3) is 0.231. The smallest absolute Gasteiger partial charge is 0.406 e. The van der Waals surface area contributed by atoms with Crippen LogP contribution >= 0.6 is 0 Å². The number of halogens is 3. The van der Waals surface area contributed by atoms with Gasteiger partial charge in [0.25, 0.3) is 5.56 Å². The number of nitrogens with one attached hydrogen (secondary N) is 1. The monoisotopic (exact) mass is 284 g/mol. The van der Waals surface area contributed by atoms with E-state index in [4.69, 9.17) is 0 Å². The molecule has 0 bridgehead atoms. The van der Waals surface area contributed by atoms with Crippen LogP contribution in [0.2, 0.25) is 0 Å². The van der Waals surface area contributed by atoms with Crippen LogP contribution in [0, 0.1) is 13.8 Å². The molecule has 0 spiro atoms. The van der Waals surface area contributed by atoms with E-state index in [1.165, 1.54) is 24.3 Å². The number of ether oxygens (including phenoxy) is 1. The third kappa shape index (κ3) is 3.17. The van der Waals surface area contributed by atoms with Gasteiger partial charge in [0, 0.05) is 16.8 Å². The molecule has 1 aromatic heterocycles. The molecule has 106 valence electrons. The van der Waals surface area contributed by atoms with E-state index in [1.54, 1.807) is 13.8 Å². The first-order valence-electron chi connectivity index (χ1n) is 5.70. The van der Waals surface area contributed by atoms with Crippen LogP contribution in [0.1, 0.15) is 11.3 Å². The Morgan fingerprint density at radius 1 is 1.25 bits per heavy atom. The number of aryl methyl sites for hydroxylation is 1. The molecule has 0 saturated carbocycles. The van der Waals surface area contributed by atoms with Gasteiger partial charge in [0.1, 0.15) is 11.6 Å². The Morgan fingerprint density at radius 3 is 2.55 bits per heavy atom. The number of alkyl halides is 3. The predicted molar refractivity (Wildman–Crippen MR) is 66.5 cm³/mol. The van der Waals surface area contributed by atoms with Crippen LogP contribution in [0.4, 0.5) is 13.2 Å². The van der Waals surface area contributed by atoms with Crippen molar-refractivity contribution >= 4 is 0 Å². The third-order valence-electron chi connectivity index (χ3n) is 2.74. The molecule has 1 aromatic carbocycles. The van der Waals surface area contributed by atoms with E-state index < -0.39 is 6.36 Å². The third-order valence-corrected chi connectivity index (χ3v) is 2.74. The molecule has 1 heterocycles. The highest BCUT2D eigenvalue weighted by molar-refractivity contribution is 5.57. The number of nitrogens with zero attached hydrogens (tertiary/aromatic N) is 1. The lowest BCUT2D eigenvalue weighted by molar-refractivity contribution is -0.274. The Morgan fingerprint density at radius 2 is 1.95 bits per heavy atom. The highest BCUT2D eigenvalue weighted by atomic mass is 19.4. The van der Waals surface area contributed by atoms with Crippen molar-refractivity contribution in [3.8, 4) is 17.1 Å². The second-order valence-electron chi connectivity index (χ2n) is 4.20. The summed E-state index contributed by atoms with van der Waals surface area (Å²) in [5, 5.41) is 0. The number of aromatic amines is 1. The highest BCUT2D eigenvalue weighted by Gasteiger charge is 2.31. The van der Waals surface area contributed by atoms with E-state index in [0.717, 1.165) is 0 Å². The lowest BCUT2D eigenvalue weighted by Crippen LogP contribution is -2.17. The molecule has 0 atom stereocenters. The first-order chi connectivity index (χ1) is 9.26. The van der Waals surface area contributed by atoms with Crippen LogP contribution in [0.5, 0.6) is 5.75 Å². The SMILES string of the molecule is Cc1nc(-c2cccc(OC(F)(F)F)c2)[nH]c(=O)c1C. The standard InChI is InChI=1S/C13H11F3N2O2/c1-7-8(2)17-11(18-12(7)19)9-4-3-5-10(6-9)20-13(14,15)16/h3-6H,1-2H3,(H,17,18,19). The van der Waals surface area contributed by atoms with Gasteiger partial charge < -0.3 is 9.72 Å². The molecule has 0 saturated heterocycles. The van der Waals surface area contributed by atoms with Crippen LogP contribution < -0.4 is 10.3 Å². The van der Waals surface area contributed by atoms with Gasteiger partial charge in [-0.2, -0.15) is 0 Å². The quantitative estimate of drug-likeness (QED) is 0.922. The van der Waals surface area contributed by atoms with Crippen molar-refractivity contribution < 1.29 is 17.9 Å². The number of rotatable bonds is 2. The minimum atomic E-state index is -4.76. The summed E-state index contributed by atoms with van der Waals surface area (Å²) in [5.41, 5.74) is 1.00. The van der Waals surface area contributed by atoms with Crippen molar-refractivity contribution in [2.24, 2.45) is 0 Å². The number of aromatic nitrogens is 2. The van der Waals surface area contributed by atoms with Crippen molar-refractivity contribution in [3.05, 3.63) is 45.9 Å². The van der Waals surface area contributed by atoms with Crippen LogP contribution in [0.15, 0.2) is 29.1 Å². The first-order valence-corrected chi connectivity index (χ1v) is 5.70. The van der Waals surface area contributed by atoms with Crippen LogP contribution in [0.25, 0.3) is 11.4 Å². The van der Waals surface area contributed by atoms with Gasteiger partial charge >= 0.3 is 6.36 Å². The second-order valence-corrected chi connectivity index (χ2v) is 4.20. The lowest BCUT2D eigenvalue weighted by Gasteiger charge is -2.10. The van der Waals surface area contributed by atoms with Crippen molar-refractivity contribution in [2.45, 2.75) is 20.2 Å². The summed E-state index contributed by atoms with van der Waals surface area (Å²) in [5.74, 6) is -0.165. The Kier molecular flexibility index (Phi) is 3.52. The van der Waals surface area contributed by atoms with E-state index in [0.29, 0.717) is 16.8 Å². The molecule has 4 nitrogen and oxygen atoms in total. The zero-order valence-corrected chi connectivity index (χ0v) is 10.7. The summed E-state index contributed by atoms with van der Waals surface area (Å²) in [6.07, 6.45) is -4.76. The van der Waals surface area contributed by atoms with E-state index in [1.807, 2.05) is 0 Å². The normalized spacial score (nSPS) is 11.4. The molecule has 0 aliphatic heterocycles. The summed E-state index contributed by atoms with van der Waals surface area (Å²) in [7, 11) is 0. The average Bonchev–Trinajstić information content (AvgIpc) is 2.33. The number of benzene rings is 1. The fourth-order valence-electron chi connectivity index (χ4n) is 1.62. The van der Waals surface area contributed by atoms with E-state index in [2.05, 4.69) is 14.7 Å². The highest BCUT2D eigenvalue weighted by Crippen LogP contribution is 2.26. The number of hydrogen-bond acceptors (Lipinski definition) is 3. The van der Waals surface area contributed by atoms with Crippen LogP contribution in [-0.2, 0) is 0 Å². The van der Waals surface area contributed by atoms with Gasteiger partial charge in [0.05, 0.1) is 0 Å². The Balaban J connectivity index is 2.44. The maximum Gasteiger partial charge on any atom is 0.573 e. The van der Waals surface area contributed by atoms with Crippen molar-refractivity contribution in [1.82, 2.24) is 9.97 Å². The van der Waals surface area contributed by atoms with Gasteiger partial charge in [-0.3, -0.25) is 4.79 Å². The largest absolute Gasteiger partial charge is 0.573 e. The predicted octanol–water partition coefficient (Wildman–Crippen LogP) is 2.95. The fourth-order valence-corrected chi connectivity index (χ4v) is 1.62. The number of H-pyrrole nitrogens is 1. The summed E-state index contributed by atoms with van der Waals surface area (Å²) < 4.78 is 40.3. The maximum atomic E-state index is 12.2. The molecule has 0 fully saturated rings. The molecule has 2 aromatic rings. The minimum absolute atomic E-state index is 0.200. The van der Waals surface area contributed by atoms with Crippen molar-refractivity contribution in [3.63, 3.8) is 0 Å². The van der Waals surface area contributed by atoms with Crippen LogP contribution in [0.3, 0.4) is 0 Å². The van der Waals surface area contributed by atoms with Gasteiger partial charge in [0.2, 0.25) is 0 Å². The van der Waals surface area contributed by atoms with E-state index in [9.17, 15) is 18.0 Å². The summed E-state index contributed by atoms with van der Waals surface area (Å²) in [4.78, 5) is 18.3. The maximum absolute atomic E-state index is 12.2. The Hall–Kier alpha value is -2.31. The second kappa shape index (κ2) is 4.99. The minimum Gasteiger partial charge on any atom is -0.406 e. The summed E-state index contributed by atoms with van der Waals surface area (Å²) in [6, 6.07) is 5.28. The Bertz CT molecular complexity index is 693. The van der Waals surface area contributed by atoms with Gasteiger partial charge in [-0.15, -0.1) is 13.2 Å². The van der Waals surface area contributed by atoms with Gasteiger partial charge in [-0.25, -0.2) is 4.98 Å². The Labute approximate surface area is 112 Å². The molecular weight excluding hydrogens is 273 g/mol. The molecule has 20 heavy (non-hydrogen) atoms. The summed E-state index contributed by atoms with van der Waals surface area (Å²) >= 11 is 0.